The number of nitrogens with one attached hydrogen (secondary N) is 1. The van der Waals surface area contributed by atoms with Gasteiger partial charge in [0, 0.05) is 15.9 Å². The molecule has 23 heavy (non-hydrogen) atoms. The van der Waals surface area contributed by atoms with Gasteiger partial charge in [-0.1, -0.05) is 46.3 Å². The summed E-state index contributed by atoms with van der Waals surface area (Å²) in [6.45, 7) is 0. The molecule has 2 N–H and O–H groups in total. The summed E-state index contributed by atoms with van der Waals surface area (Å²) < 4.78 is 0.946. The van der Waals surface area contributed by atoms with Gasteiger partial charge in [0.1, 0.15) is 5.76 Å². The van der Waals surface area contributed by atoms with Crippen LogP contribution >= 0.6 is 27.7 Å². The van der Waals surface area contributed by atoms with E-state index in [-0.39, 0.29) is 11.7 Å². The SMILES string of the molecule is O=C(Nc1ccc(Br)cc1)C1=C(O)/C(=C/c2ccccc2)SC1. The maximum absolute atomic E-state index is 12.3. The molecule has 2 aromatic rings. The summed E-state index contributed by atoms with van der Waals surface area (Å²) in [6, 6.07) is 17.1. The summed E-state index contributed by atoms with van der Waals surface area (Å²) in [5.41, 5.74) is 2.10. The molecule has 1 aliphatic heterocycles. The largest absolute Gasteiger partial charge is 0.506 e. The van der Waals surface area contributed by atoms with Crippen LogP contribution in [0.15, 0.2) is 75.3 Å². The number of hydrogen-bond donors (Lipinski definition) is 2. The van der Waals surface area contributed by atoms with Gasteiger partial charge in [0.25, 0.3) is 5.91 Å². The van der Waals surface area contributed by atoms with Gasteiger partial charge in [0.2, 0.25) is 0 Å². The smallest absolute Gasteiger partial charge is 0.256 e. The molecule has 3 nitrogen and oxygen atoms in total. The molecule has 1 amide bonds. The number of amides is 1. The van der Waals surface area contributed by atoms with E-state index in [0.717, 1.165) is 14.9 Å². The Hall–Kier alpha value is -1.98. The molecule has 0 spiro atoms. The van der Waals surface area contributed by atoms with Crippen molar-refractivity contribution in [2.24, 2.45) is 0 Å². The third-order valence-electron chi connectivity index (χ3n) is 3.36. The second kappa shape index (κ2) is 7.06. The normalized spacial score (nSPS) is 16.0. The summed E-state index contributed by atoms with van der Waals surface area (Å²) in [7, 11) is 0. The number of halogens is 1. The predicted octanol–water partition coefficient (Wildman–Crippen LogP) is 4.99. The molecule has 0 saturated carbocycles. The first kappa shape index (κ1) is 15.9. The highest BCUT2D eigenvalue weighted by molar-refractivity contribution is 9.10. The molecule has 1 heterocycles. The second-order valence-electron chi connectivity index (χ2n) is 5.00. The van der Waals surface area contributed by atoms with Crippen molar-refractivity contribution < 1.29 is 9.90 Å². The highest BCUT2D eigenvalue weighted by Gasteiger charge is 2.25. The van der Waals surface area contributed by atoms with Crippen LogP contribution in [-0.4, -0.2) is 16.8 Å². The number of anilines is 1. The summed E-state index contributed by atoms with van der Waals surface area (Å²) in [5.74, 6) is 0.259. The van der Waals surface area contributed by atoms with E-state index in [4.69, 9.17) is 0 Å². The van der Waals surface area contributed by atoms with Crippen molar-refractivity contribution in [2.75, 3.05) is 11.1 Å². The number of thioether (sulfide) groups is 1. The zero-order valence-electron chi connectivity index (χ0n) is 12.1. The maximum atomic E-state index is 12.3. The van der Waals surface area contributed by atoms with Crippen molar-refractivity contribution in [3.63, 3.8) is 0 Å². The van der Waals surface area contributed by atoms with Crippen LogP contribution in [0.2, 0.25) is 0 Å². The maximum Gasteiger partial charge on any atom is 0.256 e. The van der Waals surface area contributed by atoms with Crippen LogP contribution in [0.3, 0.4) is 0 Å². The van der Waals surface area contributed by atoms with Gasteiger partial charge in [-0.2, -0.15) is 0 Å². The van der Waals surface area contributed by atoms with Crippen LogP contribution in [0.1, 0.15) is 5.56 Å². The number of aliphatic hydroxyl groups excluding tert-OH is 1. The van der Waals surface area contributed by atoms with Crippen molar-refractivity contribution in [2.45, 2.75) is 0 Å². The molecule has 0 aliphatic carbocycles. The average molecular weight is 388 g/mol. The lowest BCUT2D eigenvalue weighted by atomic mass is 10.1. The number of rotatable bonds is 3. The minimum Gasteiger partial charge on any atom is -0.506 e. The van der Waals surface area contributed by atoms with Crippen molar-refractivity contribution in [1.82, 2.24) is 0 Å². The Kier molecular flexibility index (Phi) is 4.88. The van der Waals surface area contributed by atoms with Crippen LogP contribution in [0, 0.1) is 0 Å². The molecule has 0 atom stereocenters. The van der Waals surface area contributed by atoms with Crippen LogP contribution in [0.25, 0.3) is 6.08 Å². The molecule has 116 valence electrons. The third-order valence-corrected chi connectivity index (χ3v) is 4.95. The summed E-state index contributed by atoms with van der Waals surface area (Å²) in [5, 5.41) is 13.1. The Bertz CT molecular complexity index is 782. The van der Waals surface area contributed by atoms with Gasteiger partial charge in [-0.15, -0.1) is 11.8 Å². The lowest BCUT2D eigenvalue weighted by Crippen LogP contribution is -2.15. The van der Waals surface area contributed by atoms with Gasteiger partial charge in [-0.3, -0.25) is 4.79 Å². The van der Waals surface area contributed by atoms with E-state index in [2.05, 4.69) is 21.2 Å². The lowest BCUT2D eigenvalue weighted by molar-refractivity contribution is -0.112. The van der Waals surface area contributed by atoms with Crippen LogP contribution in [0.4, 0.5) is 5.69 Å². The molecule has 5 heteroatoms. The lowest BCUT2D eigenvalue weighted by Gasteiger charge is -2.05. The van der Waals surface area contributed by atoms with Gasteiger partial charge in [-0.25, -0.2) is 0 Å². The van der Waals surface area contributed by atoms with E-state index >= 15 is 0 Å². The van der Waals surface area contributed by atoms with E-state index in [1.165, 1.54) is 11.8 Å². The molecule has 0 radical (unpaired) electrons. The summed E-state index contributed by atoms with van der Waals surface area (Å²) in [4.78, 5) is 13.0. The highest BCUT2D eigenvalue weighted by atomic mass is 79.9. The van der Waals surface area contributed by atoms with Crippen molar-refractivity contribution >= 4 is 45.4 Å². The fourth-order valence-corrected chi connectivity index (χ4v) is 3.47. The monoisotopic (exact) mass is 387 g/mol. The Labute approximate surface area is 147 Å². The van der Waals surface area contributed by atoms with E-state index in [1.807, 2.05) is 60.7 Å². The quantitative estimate of drug-likeness (QED) is 0.779. The van der Waals surface area contributed by atoms with Crippen molar-refractivity contribution in [3.8, 4) is 0 Å². The van der Waals surface area contributed by atoms with Gasteiger partial charge in [0.05, 0.1) is 10.5 Å². The first-order chi connectivity index (χ1) is 11.1. The number of carbonyl (C=O) groups excluding carboxylic acids is 1. The van der Waals surface area contributed by atoms with Crippen LogP contribution in [-0.2, 0) is 4.79 Å². The van der Waals surface area contributed by atoms with Crippen LogP contribution < -0.4 is 5.32 Å². The Morgan fingerprint density at radius 3 is 2.52 bits per heavy atom. The number of aliphatic hydroxyl groups is 1. The summed E-state index contributed by atoms with van der Waals surface area (Å²) in [6.07, 6.45) is 1.89. The first-order valence-electron chi connectivity index (χ1n) is 7.02. The number of carbonyl (C=O) groups is 1. The van der Waals surface area contributed by atoms with Gasteiger partial charge in [-0.05, 0) is 35.9 Å². The van der Waals surface area contributed by atoms with Gasteiger partial charge in [0.15, 0.2) is 0 Å². The number of benzene rings is 2. The third kappa shape index (κ3) is 3.86. The number of hydrogen-bond acceptors (Lipinski definition) is 3. The first-order valence-corrected chi connectivity index (χ1v) is 8.80. The Balaban J connectivity index is 1.78. The molecular formula is C18H14BrNO2S. The molecule has 2 aromatic carbocycles. The van der Waals surface area contributed by atoms with E-state index < -0.39 is 0 Å². The highest BCUT2D eigenvalue weighted by Crippen LogP contribution is 2.36. The molecule has 3 rings (SSSR count). The molecule has 0 bridgehead atoms. The standard InChI is InChI=1S/C18H14BrNO2S/c19-13-6-8-14(9-7-13)20-18(22)15-11-23-16(17(15)21)10-12-4-2-1-3-5-12/h1-10,21H,11H2,(H,20,22)/b16-10-. The second-order valence-corrected chi connectivity index (χ2v) is 6.93. The van der Waals surface area contributed by atoms with Gasteiger partial charge < -0.3 is 10.4 Å². The fraction of sp³-hybridized carbons (Fsp3) is 0.0556. The molecule has 0 unspecified atom stereocenters. The van der Waals surface area contributed by atoms with Gasteiger partial charge >= 0.3 is 0 Å². The molecule has 0 fully saturated rings. The van der Waals surface area contributed by atoms with E-state index in [9.17, 15) is 9.90 Å². The minimum atomic E-state index is -0.270. The summed E-state index contributed by atoms with van der Waals surface area (Å²) >= 11 is 4.82. The average Bonchev–Trinajstić information content (AvgIpc) is 2.92. The van der Waals surface area contributed by atoms with E-state index in [0.29, 0.717) is 17.0 Å². The Morgan fingerprint density at radius 1 is 1.13 bits per heavy atom. The van der Waals surface area contributed by atoms with Crippen molar-refractivity contribution in [1.29, 1.82) is 0 Å². The fourth-order valence-electron chi connectivity index (χ4n) is 2.16. The molecule has 1 aliphatic rings. The topological polar surface area (TPSA) is 49.3 Å². The molecular weight excluding hydrogens is 374 g/mol. The molecule has 0 aromatic heterocycles. The van der Waals surface area contributed by atoms with Crippen molar-refractivity contribution in [3.05, 3.63) is 80.9 Å². The predicted molar refractivity (Wildman–Crippen MR) is 99.3 cm³/mol. The Morgan fingerprint density at radius 2 is 1.83 bits per heavy atom. The zero-order valence-corrected chi connectivity index (χ0v) is 14.5. The minimum absolute atomic E-state index is 0.0634. The van der Waals surface area contributed by atoms with Crippen LogP contribution in [0.5, 0.6) is 0 Å². The zero-order chi connectivity index (χ0) is 16.2. The molecule has 0 saturated heterocycles. The van der Waals surface area contributed by atoms with E-state index in [1.54, 1.807) is 0 Å².